The van der Waals surface area contributed by atoms with Crippen LogP contribution in [-0.2, 0) is 0 Å². The second-order valence-corrected chi connectivity index (χ2v) is 18.7. The van der Waals surface area contributed by atoms with Crippen molar-refractivity contribution in [1.29, 1.82) is 0 Å². The van der Waals surface area contributed by atoms with Crippen LogP contribution in [0.2, 0.25) is 0 Å². The van der Waals surface area contributed by atoms with Crippen LogP contribution in [0.4, 0.5) is 0 Å². The van der Waals surface area contributed by atoms with E-state index in [1.807, 2.05) is 36.5 Å². The molecule has 322 valence electrons. The van der Waals surface area contributed by atoms with E-state index in [2.05, 4.69) is 209 Å². The molecule has 5 nitrogen and oxygen atoms in total. The molecule has 14 rings (SSSR count). The minimum atomic E-state index is 0.702. The van der Waals surface area contributed by atoms with Gasteiger partial charge in [-0.3, -0.25) is 4.98 Å². The highest BCUT2D eigenvalue weighted by Crippen LogP contribution is 2.41. The molecule has 14 aromatic rings. The van der Waals surface area contributed by atoms with Crippen LogP contribution in [0.3, 0.4) is 0 Å². The lowest BCUT2D eigenvalue weighted by Gasteiger charge is -2.12. The van der Waals surface area contributed by atoms with Gasteiger partial charge in [-0.15, -0.1) is 11.3 Å². The molecule has 5 heterocycles. The zero-order valence-electron chi connectivity index (χ0n) is 37.2. The number of rotatable bonds is 7. The molecule has 5 aromatic heterocycles. The minimum absolute atomic E-state index is 0.702. The molecule has 0 bridgehead atoms. The highest BCUT2D eigenvalue weighted by molar-refractivity contribution is 7.25. The number of pyridine rings is 1. The summed E-state index contributed by atoms with van der Waals surface area (Å²) in [6.07, 6.45) is 1.89. The second kappa shape index (κ2) is 15.8. The number of benzene rings is 9. The first kappa shape index (κ1) is 39.2. The Morgan fingerprint density at radius 1 is 0.304 bits per heavy atom. The first-order valence-corrected chi connectivity index (χ1v) is 24.1. The van der Waals surface area contributed by atoms with Crippen LogP contribution in [-0.4, -0.2) is 24.1 Å². The average molecular weight is 898 g/mol. The first-order valence-electron chi connectivity index (χ1n) is 23.2. The molecule has 0 saturated heterocycles. The molecule has 0 unspecified atom stereocenters. The number of aromatic nitrogens is 5. The Balaban J connectivity index is 0.861. The van der Waals surface area contributed by atoms with E-state index in [-0.39, 0.29) is 0 Å². The molecular weight excluding hydrogens is 859 g/mol. The van der Waals surface area contributed by atoms with Crippen molar-refractivity contribution in [1.82, 2.24) is 24.1 Å². The van der Waals surface area contributed by atoms with Gasteiger partial charge in [0.1, 0.15) is 0 Å². The molecular formula is C63H39N5S. The molecule has 0 N–H and O–H groups in total. The summed E-state index contributed by atoms with van der Waals surface area (Å²) in [5.41, 5.74) is 17.5. The Bertz CT molecular complexity index is 4260. The molecule has 0 radical (unpaired) electrons. The Morgan fingerprint density at radius 3 is 1.45 bits per heavy atom. The van der Waals surface area contributed by atoms with Crippen molar-refractivity contribution >= 4 is 75.3 Å². The van der Waals surface area contributed by atoms with E-state index in [4.69, 9.17) is 15.0 Å². The van der Waals surface area contributed by atoms with Crippen LogP contribution in [0.15, 0.2) is 237 Å². The molecule has 0 aliphatic carbocycles. The van der Waals surface area contributed by atoms with Crippen LogP contribution >= 0.6 is 11.3 Å². The molecule has 0 spiro atoms. The van der Waals surface area contributed by atoms with Gasteiger partial charge >= 0.3 is 0 Å². The first-order chi connectivity index (χ1) is 34.2. The molecule has 0 atom stereocenters. The number of para-hydroxylation sites is 2. The van der Waals surface area contributed by atoms with Gasteiger partial charge in [-0.2, -0.15) is 0 Å². The Labute approximate surface area is 401 Å². The summed E-state index contributed by atoms with van der Waals surface area (Å²) in [6, 6.07) is 82.7. The van der Waals surface area contributed by atoms with E-state index >= 15 is 0 Å². The largest absolute Gasteiger partial charge is 0.309 e. The fraction of sp³-hybridized carbons (Fsp3) is 0. The van der Waals surface area contributed by atoms with Crippen molar-refractivity contribution in [3.05, 3.63) is 237 Å². The quantitative estimate of drug-likeness (QED) is 0.160. The zero-order chi connectivity index (χ0) is 45.4. The van der Waals surface area contributed by atoms with Crippen LogP contribution in [0, 0.1) is 0 Å². The van der Waals surface area contributed by atoms with Gasteiger partial charge in [-0.05, 0) is 113 Å². The summed E-state index contributed by atoms with van der Waals surface area (Å²) in [6.45, 7) is 0. The monoisotopic (exact) mass is 897 g/mol. The average Bonchev–Trinajstić information content (AvgIpc) is 4.08. The summed E-state index contributed by atoms with van der Waals surface area (Å²) >= 11 is 1.80. The van der Waals surface area contributed by atoms with Crippen LogP contribution < -0.4 is 0 Å². The molecule has 0 saturated carbocycles. The third-order valence-corrected chi connectivity index (χ3v) is 14.7. The Kier molecular flexibility index (Phi) is 9.00. The number of hydrogen-bond donors (Lipinski definition) is 0. The van der Waals surface area contributed by atoms with Gasteiger partial charge in [0.2, 0.25) is 0 Å². The van der Waals surface area contributed by atoms with E-state index in [1.54, 1.807) is 11.3 Å². The highest BCUT2D eigenvalue weighted by Gasteiger charge is 2.18. The summed E-state index contributed by atoms with van der Waals surface area (Å²) in [7, 11) is 0. The predicted octanol–water partition coefficient (Wildman–Crippen LogP) is 16.8. The van der Waals surface area contributed by atoms with Gasteiger partial charge in [-0.1, -0.05) is 140 Å². The second-order valence-electron chi connectivity index (χ2n) is 17.6. The van der Waals surface area contributed by atoms with E-state index in [9.17, 15) is 0 Å². The van der Waals surface area contributed by atoms with Gasteiger partial charge in [0, 0.05) is 65.9 Å². The van der Waals surface area contributed by atoms with Crippen molar-refractivity contribution in [2.45, 2.75) is 0 Å². The Morgan fingerprint density at radius 2 is 0.797 bits per heavy atom. The summed E-state index contributed by atoms with van der Waals surface area (Å²) in [4.78, 5) is 14.9. The lowest BCUT2D eigenvalue weighted by molar-refractivity contribution is 1.16. The smallest absolute Gasteiger partial charge is 0.160 e. The number of nitrogens with zero attached hydrogens (tertiary/aromatic N) is 5. The Hall–Kier alpha value is -8.97. The van der Waals surface area contributed by atoms with Gasteiger partial charge in [0.15, 0.2) is 5.82 Å². The SMILES string of the molecule is c1ccc(-c2cc(-c3cccc(-n4c5ccccc5c5cc(-c6ccc7c(c6)c6ccccc6n7-c6cccc(-c7ccc8sc9cccnc9c8c7)c6)ccc54)c3)nc(-c3ccccc3)n2)cc1. The van der Waals surface area contributed by atoms with Crippen molar-refractivity contribution in [3.63, 3.8) is 0 Å². The van der Waals surface area contributed by atoms with Crippen LogP contribution in [0.5, 0.6) is 0 Å². The van der Waals surface area contributed by atoms with Gasteiger partial charge in [0.05, 0.1) is 43.7 Å². The number of thiophene rings is 1. The highest BCUT2D eigenvalue weighted by atomic mass is 32.1. The van der Waals surface area contributed by atoms with Crippen molar-refractivity contribution in [2.24, 2.45) is 0 Å². The molecule has 0 aliphatic rings. The molecule has 0 amide bonds. The van der Waals surface area contributed by atoms with E-state index in [0.29, 0.717) is 5.82 Å². The molecule has 0 fully saturated rings. The fourth-order valence-corrected chi connectivity index (χ4v) is 11.4. The third kappa shape index (κ3) is 6.56. The number of fused-ring (bicyclic) bond motifs is 9. The van der Waals surface area contributed by atoms with E-state index < -0.39 is 0 Å². The van der Waals surface area contributed by atoms with E-state index in [1.165, 1.54) is 69.6 Å². The zero-order valence-corrected chi connectivity index (χ0v) is 38.0. The topological polar surface area (TPSA) is 48.5 Å². The maximum Gasteiger partial charge on any atom is 0.160 e. The normalized spacial score (nSPS) is 11.8. The number of hydrogen-bond acceptors (Lipinski definition) is 4. The predicted molar refractivity (Wildman–Crippen MR) is 289 cm³/mol. The summed E-state index contributed by atoms with van der Waals surface area (Å²) in [5, 5.41) is 6.07. The maximum absolute atomic E-state index is 5.16. The summed E-state index contributed by atoms with van der Waals surface area (Å²) in [5.74, 6) is 0.702. The fourth-order valence-electron chi connectivity index (χ4n) is 10.3. The summed E-state index contributed by atoms with van der Waals surface area (Å²) < 4.78 is 7.27. The van der Waals surface area contributed by atoms with Crippen LogP contribution in [0.1, 0.15) is 0 Å². The van der Waals surface area contributed by atoms with Crippen molar-refractivity contribution < 1.29 is 0 Å². The molecule has 6 heteroatoms. The van der Waals surface area contributed by atoms with Crippen molar-refractivity contribution in [3.8, 4) is 67.5 Å². The standard InChI is InChI=1S/C63H39N5S/c1-3-14-40(15-4-1)54-39-55(66-63(65-54)41-16-5-2-6-17-41)46-19-12-21-48(35-46)68-57-25-10-8-23-50(57)52-37-44(28-31-59(52)68)43-27-30-58-51(36-43)49-22-7-9-24-56(49)67(58)47-20-11-18-42(34-47)45-29-32-60-53(38-45)62-61(69-60)26-13-33-64-62/h1-39H. The van der Waals surface area contributed by atoms with Crippen molar-refractivity contribution in [2.75, 3.05) is 0 Å². The molecule has 9 aromatic carbocycles. The maximum atomic E-state index is 5.16. The third-order valence-electron chi connectivity index (χ3n) is 13.6. The van der Waals surface area contributed by atoms with Gasteiger partial charge in [-0.25, -0.2) is 9.97 Å². The lowest BCUT2D eigenvalue weighted by Crippen LogP contribution is -1.97. The molecule has 0 aliphatic heterocycles. The van der Waals surface area contributed by atoms with Crippen LogP contribution in [0.25, 0.3) is 131 Å². The molecule has 69 heavy (non-hydrogen) atoms. The van der Waals surface area contributed by atoms with Gasteiger partial charge in [0.25, 0.3) is 0 Å². The van der Waals surface area contributed by atoms with E-state index in [0.717, 1.165) is 56.0 Å². The lowest BCUT2D eigenvalue weighted by atomic mass is 10.0. The minimum Gasteiger partial charge on any atom is -0.309 e. The van der Waals surface area contributed by atoms with Gasteiger partial charge < -0.3 is 9.13 Å².